The van der Waals surface area contributed by atoms with Gasteiger partial charge in [-0.25, -0.2) is 4.98 Å². The van der Waals surface area contributed by atoms with Gasteiger partial charge in [0.25, 0.3) is 0 Å². The van der Waals surface area contributed by atoms with Crippen molar-refractivity contribution >= 4 is 0 Å². The van der Waals surface area contributed by atoms with Crippen LogP contribution < -0.4 is 4.74 Å². The third kappa shape index (κ3) is 3.56. The first-order chi connectivity index (χ1) is 13.6. The summed E-state index contributed by atoms with van der Waals surface area (Å²) >= 11 is 0. The van der Waals surface area contributed by atoms with Gasteiger partial charge in [0.05, 0.1) is 18.8 Å². The standard InChI is InChI=1S/C22H28N4O2/c1-15-12-23-22(26(15)13-18-7-9-19(27-4)10-8-18)21-6-5-11-25(21)14-20-16(2)24-28-17(20)3/h7-10,12,21H,5-6,11,13-14H2,1-4H3. The van der Waals surface area contributed by atoms with Crippen LogP contribution in [0.3, 0.4) is 0 Å². The lowest BCUT2D eigenvalue weighted by Gasteiger charge is -2.25. The minimum Gasteiger partial charge on any atom is -0.497 e. The highest BCUT2D eigenvalue weighted by Gasteiger charge is 2.31. The Morgan fingerprint density at radius 2 is 1.93 bits per heavy atom. The van der Waals surface area contributed by atoms with Gasteiger partial charge in [0.1, 0.15) is 17.3 Å². The number of hydrogen-bond acceptors (Lipinski definition) is 5. The second-order valence-corrected chi connectivity index (χ2v) is 7.62. The fraction of sp³-hybridized carbons (Fsp3) is 0.455. The van der Waals surface area contributed by atoms with Crippen LogP contribution in [-0.2, 0) is 13.1 Å². The molecule has 0 bridgehead atoms. The number of aromatic nitrogens is 3. The number of likely N-dealkylation sites (tertiary alicyclic amines) is 1. The highest BCUT2D eigenvalue weighted by atomic mass is 16.5. The van der Waals surface area contributed by atoms with Crippen molar-refractivity contribution in [2.45, 2.75) is 52.7 Å². The van der Waals surface area contributed by atoms with Crippen molar-refractivity contribution in [2.75, 3.05) is 13.7 Å². The predicted octanol–water partition coefficient (Wildman–Crippen LogP) is 4.19. The van der Waals surface area contributed by atoms with Gasteiger partial charge in [-0.1, -0.05) is 17.3 Å². The molecule has 1 atom stereocenters. The summed E-state index contributed by atoms with van der Waals surface area (Å²) in [5.41, 5.74) is 4.63. The highest BCUT2D eigenvalue weighted by Crippen LogP contribution is 2.34. The monoisotopic (exact) mass is 380 g/mol. The smallest absolute Gasteiger partial charge is 0.138 e. The van der Waals surface area contributed by atoms with Gasteiger partial charge in [-0.2, -0.15) is 0 Å². The van der Waals surface area contributed by atoms with Crippen LogP contribution in [0, 0.1) is 20.8 Å². The van der Waals surface area contributed by atoms with Crippen LogP contribution in [-0.4, -0.2) is 33.3 Å². The molecular formula is C22H28N4O2. The average molecular weight is 380 g/mol. The molecule has 1 saturated heterocycles. The third-order valence-electron chi connectivity index (χ3n) is 5.79. The van der Waals surface area contributed by atoms with E-state index in [0.29, 0.717) is 6.04 Å². The molecule has 0 spiro atoms. The summed E-state index contributed by atoms with van der Waals surface area (Å²) in [5.74, 6) is 2.95. The predicted molar refractivity (Wildman–Crippen MR) is 107 cm³/mol. The first kappa shape index (κ1) is 18.7. The van der Waals surface area contributed by atoms with Crippen LogP contribution in [0.2, 0.25) is 0 Å². The molecule has 1 fully saturated rings. The molecule has 3 aromatic rings. The molecule has 148 valence electrons. The van der Waals surface area contributed by atoms with Crippen LogP contribution in [0.5, 0.6) is 5.75 Å². The second-order valence-electron chi connectivity index (χ2n) is 7.62. The topological polar surface area (TPSA) is 56.3 Å². The molecule has 1 aliphatic rings. The van der Waals surface area contributed by atoms with Crippen LogP contribution >= 0.6 is 0 Å². The molecule has 0 aliphatic carbocycles. The summed E-state index contributed by atoms with van der Waals surface area (Å²) < 4.78 is 13.0. The summed E-state index contributed by atoms with van der Waals surface area (Å²) in [6.07, 6.45) is 4.30. The van der Waals surface area contributed by atoms with Gasteiger partial charge < -0.3 is 13.8 Å². The summed E-state index contributed by atoms with van der Waals surface area (Å²) in [5, 5.41) is 4.11. The first-order valence-corrected chi connectivity index (χ1v) is 9.87. The lowest BCUT2D eigenvalue weighted by Crippen LogP contribution is -2.26. The SMILES string of the molecule is COc1ccc(Cn2c(C)cnc2C2CCCN2Cc2c(C)noc2C)cc1. The summed E-state index contributed by atoms with van der Waals surface area (Å²) in [4.78, 5) is 7.32. The van der Waals surface area contributed by atoms with Crippen LogP contribution in [0.15, 0.2) is 35.0 Å². The van der Waals surface area contributed by atoms with E-state index in [1.54, 1.807) is 7.11 Å². The maximum atomic E-state index is 5.36. The van der Waals surface area contributed by atoms with Gasteiger partial charge in [-0.3, -0.25) is 4.90 Å². The van der Waals surface area contributed by atoms with E-state index in [0.717, 1.165) is 49.1 Å². The number of imidazole rings is 1. The molecule has 6 nitrogen and oxygen atoms in total. The third-order valence-corrected chi connectivity index (χ3v) is 5.79. The molecule has 0 saturated carbocycles. The van der Waals surface area contributed by atoms with E-state index >= 15 is 0 Å². The Kier molecular flexibility index (Phi) is 5.22. The highest BCUT2D eigenvalue weighted by molar-refractivity contribution is 5.28. The van der Waals surface area contributed by atoms with E-state index in [1.807, 2.05) is 32.2 Å². The summed E-state index contributed by atoms with van der Waals surface area (Å²) in [6, 6.07) is 8.60. The fourth-order valence-electron chi connectivity index (χ4n) is 4.10. The van der Waals surface area contributed by atoms with E-state index < -0.39 is 0 Å². The molecule has 2 aromatic heterocycles. The number of nitrogens with zero attached hydrogens (tertiary/aromatic N) is 4. The summed E-state index contributed by atoms with van der Waals surface area (Å²) in [6.45, 7) is 8.90. The van der Waals surface area contributed by atoms with Crippen LogP contribution in [0.4, 0.5) is 0 Å². The Morgan fingerprint density at radius 1 is 1.14 bits per heavy atom. The Morgan fingerprint density at radius 3 is 2.61 bits per heavy atom. The molecule has 1 aromatic carbocycles. The zero-order valence-electron chi connectivity index (χ0n) is 17.1. The number of hydrogen-bond donors (Lipinski definition) is 0. The number of ether oxygens (including phenoxy) is 1. The van der Waals surface area contributed by atoms with Gasteiger partial charge in [0.15, 0.2) is 0 Å². The van der Waals surface area contributed by atoms with E-state index in [4.69, 9.17) is 14.2 Å². The number of methoxy groups -OCH3 is 1. The fourth-order valence-corrected chi connectivity index (χ4v) is 4.10. The molecule has 3 heterocycles. The number of rotatable bonds is 6. The maximum absolute atomic E-state index is 5.36. The normalized spacial score (nSPS) is 17.4. The Hall–Kier alpha value is -2.60. The number of benzene rings is 1. The summed E-state index contributed by atoms with van der Waals surface area (Å²) in [7, 11) is 1.70. The Bertz CT molecular complexity index is 923. The van der Waals surface area contributed by atoms with E-state index in [2.05, 4.69) is 33.7 Å². The minimum atomic E-state index is 0.320. The van der Waals surface area contributed by atoms with Crippen molar-refractivity contribution in [1.82, 2.24) is 19.6 Å². The first-order valence-electron chi connectivity index (χ1n) is 9.87. The molecule has 1 unspecified atom stereocenters. The van der Waals surface area contributed by atoms with Crippen LogP contribution in [0.1, 0.15) is 53.0 Å². The van der Waals surface area contributed by atoms with E-state index in [1.165, 1.54) is 23.2 Å². The van der Waals surface area contributed by atoms with Crippen molar-refractivity contribution < 1.29 is 9.26 Å². The van der Waals surface area contributed by atoms with Gasteiger partial charge in [-0.15, -0.1) is 0 Å². The molecule has 0 N–H and O–H groups in total. The van der Waals surface area contributed by atoms with Gasteiger partial charge in [0.2, 0.25) is 0 Å². The van der Waals surface area contributed by atoms with Crippen molar-refractivity contribution in [3.05, 3.63) is 64.6 Å². The second kappa shape index (κ2) is 7.80. The van der Waals surface area contributed by atoms with E-state index in [9.17, 15) is 0 Å². The Balaban J connectivity index is 1.58. The molecular weight excluding hydrogens is 352 g/mol. The van der Waals surface area contributed by atoms with Crippen molar-refractivity contribution in [1.29, 1.82) is 0 Å². The quantitative estimate of drug-likeness (QED) is 0.642. The van der Waals surface area contributed by atoms with E-state index in [-0.39, 0.29) is 0 Å². The van der Waals surface area contributed by atoms with Crippen molar-refractivity contribution in [2.24, 2.45) is 0 Å². The average Bonchev–Trinajstić information content (AvgIpc) is 3.39. The molecule has 4 rings (SSSR count). The largest absolute Gasteiger partial charge is 0.497 e. The minimum absolute atomic E-state index is 0.320. The zero-order chi connectivity index (χ0) is 19.7. The van der Waals surface area contributed by atoms with Gasteiger partial charge in [0, 0.05) is 30.5 Å². The zero-order valence-corrected chi connectivity index (χ0v) is 17.1. The molecule has 0 radical (unpaired) electrons. The molecule has 1 aliphatic heterocycles. The van der Waals surface area contributed by atoms with Crippen LogP contribution in [0.25, 0.3) is 0 Å². The number of aryl methyl sites for hydroxylation is 3. The van der Waals surface area contributed by atoms with Crippen molar-refractivity contribution in [3.63, 3.8) is 0 Å². The van der Waals surface area contributed by atoms with Gasteiger partial charge >= 0.3 is 0 Å². The van der Waals surface area contributed by atoms with Gasteiger partial charge in [-0.05, 0) is 57.9 Å². The molecule has 0 amide bonds. The molecule has 6 heteroatoms. The Labute approximate surface area is 166 Å². The lowest BCUT2D eigenvalue weighted by atomic mass is 10.1. The molecule has 28 heavy (non-hydrogen) atoms. The lowest BCUT2D eigenvalue weighted by molar-refractivity contribution is 0.233. The van der Waals surface area contributed by atoms with Crippen molar-refractivity contribution in [3.8, 4) is 5.75 Å². The maximum Gasteiger partial charge on any atom is 0.138 e.